The molecule has 2 amide bonds. The number of halogens is 3. The number of carbonyl (C=O) groups is 2. The highest BCUT2D eigenvalue weighted by Crippen LogP contribution is 2.29. The van der Waals surface area contributed by atoms with Crippen molar-refractivity contribution in [3.63, 3.8) is 0 Å². The third-order valence-corrected chi connectivity index (χ3v) is 3.79. The van der Waals surface area contributed by atoms with Crippen molar-refractivity contribution in [1.82, 2.24) is 20.6 Å². The molecule has 1 fully saturated rings. The lowest BCUT2D eigenvalue weighted by molar-refractivity contribution is -0.167. The minimum absolute atomic E-state index is 0.00700. The predicted molar refractivity (Wildman–Crippen MR) is 79.5 cm³/mol. The maximum atomic E-state index is 12.3. The molecule has 8 nitrogen and oxygen atoms in total. The highest BCUT2D eigenvalue weighted by Gasteiger charge is 2.38. The molecule has 2 heterocycles. The van der Waals surface area contributed by atoms with Crippen LogP contribution >= 0.6 is 0 Å². The lowest BCUT2D eigenvalue weighted by atomic mass is 10.1. The van der Waals surface area contributed by atoms with Gasteiger partial charge < -0.3 is 10.2 Å². The van der Waals surface area contributed by atoms with E-state index in [9.17, 15) is 22.8 Å². The minimum Gasteiger partial charge on any atom is -0.318 e. The summed E-state index contributed by atoms with van der Waals surface area (Å²) in [6.45, 7) is 0. The van der Waals surface area contributed by atoms with Crippen LogP contribution in [0.1, 0.15) is 18.7 Å². The normalized spacial score (nSPS) is 17.8. The lowest BCUT2D eigenvalue weighted by Crippen LogP contribution is -2.34. The molecule has 11 heteroatoms. The van der Waals surface area contributed by atoms with Gasteiger partial charge in [-0.3, -0.25) is 9.59 Å². The van der Waals surface area contributed by atoms with E-state index in [1.54, 1.807) is 10.2 Å². The molecule has 2 N–H and O–H groups in total. The number of aromatic nitrogens is 4. The number of anilines is 2. The van der Waals surface area contributed by atoms with Crippen molar-refractivity contribution in [2.24, 2.45) is 0 Å². The molecule has 0 saturated carbocycles. The van der Waals surface area contributed by atoms with Gasteiger partial charge in [-0.15, -0.1) is 10.2 Å². The number of hydrogen-bond acceptors (Lipinski definition) is 5. The van der Waals surface area contributed by atoms with Gasteiger partial charge >= 0.3 is 12.1 Å². The summed E-state index contributed by atoms with van der Waals surface area (Å²) >= 11 is 0. The summed E-state index contributed by atoms with van der Waals surface area (Å²) in [4.78, 5) is 24.6. The Morgan fingerprint density at radius 3 is 2.64 bits per heavy atom. The molecule has 0 bridgehead atoms. The van der Waals surface area contributed by atoms with E-state index in [1.165, 1.54) is 24.3 Å². The molecule has 132 valence electrons. The van der Waals surface area contributed by atoms with Crippen LogP contribution < -0.4 is 10.2 Å². The van der Waals surface area contributed by atoms with Crippen LogP contribution in [0.15, 0.2) is 24.3 Å². The molecule has 2 aromatic rings. The van der Waals surface area contributed by atoms with Crippen LogP contribution in [0.25, 0.3) is 0 Å². The first kappa shape index (κ1) is 16.9. The van der Waals surface area contributed by atoms with Gasteiger partial charge in [0.1, 0.15) is 0 Å². The van der Waals surface area contributed by atoms with Gasteiger partial charge in [0.2, 0.25) is 5.91 Å². The van der Waals surface area contributed by atoms with E-state index < -0.39 is 12.1 Å². The van der Waals surface area contributed by atoms with E-state index in [0.29, 0.717) is 30.8 Å². The maximum Gasteiger partial charge on any atom is 0.471 e. The summed E-state index contributed by atoms with van der Waals surface area (Å²) in [6.07, 6.45) is -3.58. The Kier molecular flexibility index (Phi) is 4.38. The van der Waals surface area contributed by atoms with Gasteiger partial charge in [-0.05, 0) is 30.7 Å². The van der Waals surface area contributed by atoms with Crippen LogP contribution in [0.4, 0.5) is 24.5 Å². The van der Waals surface area contributed by atoms with Crippen LogP contribution in [-0.4, -0.2) is 44.7 Å². The first-order valence-corrected chi connectivity index (χ1v) is 7.37. The van der Waals surface area contributed by atoms with Crippen LogP contribution in [0, 0.1) is 0 Å². The first-order valence-electron chi connectivity index (χ1n) is 7.37. The van der Waals surface area contributed by atoms with Crippen molar-refractivity contribution in [2.45, 2.75) is 31.5 Å². The van der Waals surface area contributed by atoms with Gasteiger partial charge in [0.05, 0.1) is 0 Å². The molecule has 0 spiro atoms. The number of nitrogens with zero attached hydrogens (tertiary/aromatic N) is 4. The highest BCUT2D eigenvalue weighted by atomic mass is 19.4. The number of alkyl halides is 3. The number of amides is 2. The number of carbonyl (C=O) groups excluding carboxylic acids is 2. The lowest BCUT2D eigenvalue weighted by Gasteiger charge is -2.24. The van der Waals surface area contributed by atoms with Crippen LogP contribution in [-0.2, 0) is 16.0 Å². The SMILES string of the molecule is O=C1CC[C@@H](Cc2nn[nH]n2)N1c1ccc(NC(=O)C(F)(F)F)cc1. The summed E-state index contributed by atoms with van der Waals surface area (Å²) in [6, 6.07) is 5.43. The smallest absolute Gasteiger partial charge is 0.318 e. The van der Waals surface area contributed by atoms with E-state index in [4.69, 9.17) is 0 Å². The molecule has 25 heavy (non-hydrogen) atoms. The fraction of sp³-hybridized carbons (Fsp3) is 0.357. The summed E-state index contributed by atoms with van der Waals surface area (Å²) in [5.74, 6) is -1.67. The average molecular weight is 354 g/mol. The zero-order valence-electron chi connectivity index (χ0n) is 12.7. The predicted octanol–water partition coefficient (Wildman–Crippen LogP) is 1.44. The van der Waals surface area contributed by atoms with Gasteiger partial charge in [-0.1, -0.05) is 5.21 Å². The Bertz CT molecular complexity index is 760. The van der Waals surface area contributed by atoms with Crippen LogP contribution in [0.5, 0.6) is 0 Å². The van der Waals surface area contributed by atoms with Crippen molar-refractivity contribution in [3.8, 4) is 0 Å². The average Bonchev–Trinajstić information content (AvgIpc) is 3.18. The van der Waals surface area contributed by atoms with Gasteiger partial charge in [0.25, 0.3) is 0 Å². The zero-order valence-corrected chi connectivity index (χ0v) is 12.7. The molecule has 1 aromatic carbocycles. The van der Waals surface area contributed by atoms with Crippen LogP contribution in [0.3, 0.4) is 0 Å². The molecule has 3 rings (SSSR count). The van der Waals surface area contributed by atoms with Gasteiger partial charge in [-0.25, -0.2) is 0 Å². The van der Waals surface area contributed by atoms with E-state index in [-0.39, 0.29) is 17.6 Å². The summed E-state index contributed by atoms with van der Waals surface area (Å²) < 4.78 is 36.8. The largest absolute Gasteiger partial charge is 0.471 e. The number of rotatable bonds is 4. The Balaban J connectivity index is 1.73. The number of hydrogen-bond donors (Lipinski definition) is 2. The summed E-state index contributed by atoms with van der Waals surface area (Å²) in [7, 11) is 0. The third-order valence-electron chi connectivity index (χ3n) is 3.79. The molecule has 1 saturated heterocycles. The molecular weight excluding hydrogens is 341 g/mol. The van der Waals surface area contributed by atoms with Gasteiger partial charge in [-0.2, -0.15) is 18.4 Å². The molecule has 1 aromatic heterocycles. The zero-order chi connectivity index (χ0) is 18.0. The van der Waals surface area contributed by atoms with Crippen molar-refractivity contribution in [1.29, 1.82) is 0 Å². The van der Waals surface area contributed by atoms with E-state index in [0.717, 1.165) is 0 Å². The van der Waals surface area contributed by atoms with Crippen molar-refractivity contribution in [2.75, 3.05) is 10.2 Å². The van der Waals surface area contributed by atoms with Gasteiger partial charge in [0.15, 0.2) is 5.82 Å². The third kappa shape index (κ3) is 3.75. The van der Waals surface area contributed by atoms with Crippen molar-refractivity contribution < 1.29 is 22.8 Å². The number of tetrazole rings is 1. The standard InChI is InChI=1S/C14H13F3N6O2/c15-14(16,17)13(25)18-8-1-3-9(4-2-8)23-10(5-6-12(23)24)7-11-19-21-22-20-11/h1-4,10H,5-7H2,(H,18,25)(H,19,20,21,22)/t10-/m0/s1. The minimum atomic E-state index is -4.96. The summed E-state index contributed by atoms with van der Waals surface area (Å²) in [5, 5.41) is 15.3. The number of aromatic amines is 1. The first-order chi connectivity index (χ1) is 11.8. The molecule has 1 aliphatic rings. The Labute approximate surface area is 139 Å². The Morgan fingerprint density at radius 1 is 1.32 bits per heavy atom. The topological polar surface area (TPSA) is 104 Å². The fourth-order valence-electron chi connectivity index (χ4n) is 2.68. The second-order valence-electron chi connectivity index (χ2n) is 5.49. The van der Waals surface area contributed by atoms with Crippen LogP contribution in [0.2, 0.25) is 0 Å². The molecule has 0 radical (unpaired) electrons. The highest BCUT2D eigenvalue weighted by molar-refractivity contribution is 5.97. The van der Waals surface area contributed by atoms with Crippen molar-refractivity contribution >= 4 is 23.2 Å². The van der Waals surface area contributed by atoms with Gasteiger partial charge in [0, 0.05) is 30.3 Å². The summed E-state index contributed by atoms with van der Waals surface area (Å²) in [5.41, 5.74) is 0.522. The molecule has 1 atom stereocenters. The quantitative estimate of drug-likeness (QED) is 0.865. The monoisotopic (exact) mass is 354 g/mol. The molecule has 0 aliphatic carbocycles. The molecule has 1 aliphatic heterocycles. The van der Waals surface area contributed by atoms with E-state index >= 15 is 0 Å². The van der Waals surface area contributed by atoms with E-state index in [1.807, 2.05) is 0 Å². The molecule has 0 unspecified atom stereocenters. The molecular formula is C14H13F3N6O2. The Hall–Kier alpha value is -2.98. The Morgan fingerprint density at radius 2 is 2.04 bits per heavy atom. The van der Waals surface area contributed by atoms with E-state index in [2.05, 4.69) is 20.6 Å². The van der Waals surface area contributed by atoms with Crippen molar-refractivity contribution in [3.05, 3.63) is 30.1 Å². The maximum absolute atomic E-state index is 12.3. The number of H-pyrrole nitrogens is 1. The number of benzene rings is 1. The second kappa shape index (κ2) is 6.49. The second-order valence-corrected chi connectivity index (χ2v) is 5.49. The number of nitrogens with one attached hydrogen (secondary N) is 2. The fourth-order valence-corrected chi connectivity index (χ4v) is 2.68.